The van der Waals surface area contributed by atoms with Crippen LogP contribution in [0.2, 0.25) is 0 Å². The molecule has 1 unspecified atom stereocenters. The molecule has 6 nitrogen and oxygen atoms in total. The van der Waals surface area contributed by atoms with Crippen molar-refractivity contribution in [3.8, 4) is 0 Å². The minimum absolute atomic E-state index is 0.0437. The molecule has 0 spiro atoms. The number of halogens is 1. The maximum Gasteiger partial charge on any atom is 0.281 e. The van der Waals surface area contributed by atoms with Gasteiger partial charge in [0.25, 0.3) is 10.2 Å². The third kappa shape index (κ3) is 4.63. The summed E-state index contributed by atoms with van der Waals surface area (Å²) in [4.78, 5) is 4.64. The molecule has 2 heterocycles. The Morgan fingerprint density at radius 3 is 2.56 bits per heavy atom. The molecule has 0 aliphatic carbocycles. The molecule has 1 atom stereocenters. The van der Waals surface area contributed by atoms with E-state index in [1.54, 1.807) is 26.2 Å². The van der Waals surface area contributed by atoms with Gasteiger partial charge in [-0.15, -0.1) is 0 Å². The van der Waals surface area contributed by atoms with Crippen LogP contribution in [0, 0.1) is 12.7 Å². The summed E-state index contributed by atoms with van der Waals surface area (Å²) < 4.78 is 40.8. The second-order valence-corrected chi connectivity index (χ2v) is 9.18. The van der Waals surface area contributed by atoms with E-state index >= 15 is 0 Å². The normalized spacial score (nSPS) is 18.6. The van der Waals surface area contributed by atoms with Gasteiger partial charge in [0, 0.05) is 55.9 Å². The maximum atomic E-state index is 13.1. The molecule has 1 aliphatic rings. The van der Waals surface area contributed by atoms with E-state index in [2.05, 4.69) is 10.3 Å². The predicted molar refractivity (Wildman–Crippen MR) is 105 cm³/mol. The zero-order valence-corrected chi connectivity index (χ0v) is 16.6. The van der Waals surface area contributed by atoms with Crippen molar-refractivity contribution in [3.05, 3.63) is 53.6 Å². The summed E-state index contributed by atoms with van der Waals surface area (Å²) >= 11 is 0. The van der Waals surface area contributed by atoms with E-state index in [1.165, 1.54) is 20.7 Å². The van der Waals surface area contributed by atoms with Crippen molar-refractivity contribution >= 4 is 21.6 Å². The third-order valence-corrected chi connectivity index (χ3v) is 6.60. The van der Waals surface area contributed by atoms with Gasteiger partial charge in [-0.1, -0.05) is 0 Å². The van der Waals surface area contributed by atoms with Crippen LogP contribution in [0.1, 0.15) is 30.1 Å². The first-order valence-corrected chi connectivity index (χ1v) is 10.3. The molecule has 1 aromatic carbocycles. The largest absolute Gasteiger partial charge is 0.355 e. The van der Waals surface area contributed by atoms with Gasteiger partial charge in [-0.3, -0.25) is 4.98 Å². The highest BCUT2D eigenvalue weighted by Gasteiger charge is 2.31. The van der Waals surface area contributed by atoms with E-state index in [1.807, 2.05) is 19.1 Å². The fraction of sp³-hybridized carbons (Fsp3) is 0.421. The summed E-state index contributed by atoms with van der Waals surface area (Å²) in [6.45, 7) is 2.87. The van der Waals surface area contributed by atoms with Crippen molar-refractivity contribution in [2.75, 3.05) is 32.5 Å². The Morgan fingerprint density at radius 2 is 1.89 bits per heavy atom. The van der Waals surface area contributed by atoms with Crippen molar-refractivity contribution in [2.45, 2.75) is 25.7 Å². The minimum Gasteiger partial charge on any atom is -0.355 e. The van der Waals surface area contributed by atoms with Gasteiger partial charge in [-0.2, -0.15) is 17.0 Å². The Morgan fingerprint density at radius 1 is 1.19 bits per heavy atom. The number of piperidine rings is 1. The topological polar surface area (TPSA) is 65.5 Å². The lowest BCUT2D eigenvalue weighted by Crippen LogP contribution is -2.45. The Balaban J connectivity index is 1.82. The molecule has 0 bridgehead atoms. The Labute approximate surface area is 160 Å². The predicted octanol–water partition coefficient (Wildman–Crippen LogP) is 3.26. The van der Waals surface area contributed by atoms with Crippen LogP contribution in [0.4, 0.5) is 15.8 Å². The molecule has 8 heteroatoms. The molecule has 3 rings (SSSR count). The van der Waals surface area contributed by atoms with Gasteiger partial charge in [-0.05, 0) is 56.2 Å². The van der Waals surface area contributed by atoms with Crippen LogP contribution in [0.3, 0.4) is 0 Å². The van der Waals surface area contributed by atoms with Crippen molar-refractivity contribution in [2.24, 2.45) is 0 Å². The Kier molecular flexibility index (Phi) is 5.78. The number of hydrogen-bond acceptors (Lipinski definition) is 4. The third-order valence-electron chi connectivity index (χ3n) is 4.70. The Hall–Kier alpha value is -2.03. The number of aryl methyl sites for hydroxylation is 1. The van der Waals surface area contributed by atoms with E-state index in [9.17, 15) is 12.8 Å². The highest BCUT2D eigenvalue weighted by atomic mass is 32.2. The van der Waals surface area contributed by atoms with Crippen molar-refractivity contribution < 1.29 is 12.8 Å². The quantitative estimate of drug-likeness (QED) is 0.848. The number of anilines is 2. The van der Waals surface area contributed by atoms with E-state index < -0.39 is 10.2 Å². The summed E-state index contributed by atoms with van der Waals surface area (Å²) in [5, 5.41) is 3.26. The van der Waals surface area contributed by atoms with Crippen molar-refractivity contribution in [1.82, 2.24) is 13.6 Å². The summed E-state index contributed by atoms with van der Waals surface area (Å²) in [5.74, 6) is -0.237. The number of hydrogen-bond donors (Lipinski definition) is 1. The van der Waals surface area contributed by atoms with Crippen molar-refractivity contribution in [1.29, 1.82) is 0 Å². The lowest BCUT2D eigenvalue weighted by Gasteiger charge is -2.33. The zero-order chi connectivity index (χ0) is 19.6. The van der Waals surface area contributed by atoms with Gasteiger partial charge < -0.3 is 5.32 Å². The second-order valence-electron chi connectivity index (χ2n) is 7.04. The maximum absolute atomic E-state index is 13.1. The molecule has 0 radical (unpaired) electrons. The number of nitrogens with one attached hydrogen (secondary N) is 1. The van der Waals surface area contributed by atoms with Crippen LogP contribution in [-0.4, -0.2) is 49.2 Å². The first kappa shape index (κ1) is 19.7. The van der Waals surface area contributed by atoms with E-state index in [4.69, 9.17) is 0 Å². The van der Waals surface area contributed by atoms with Gasteiger partial charge in [0.2, 0.25) is 0 Å². The van der Waals surface area contributed by atoms with Crippen LogP contribution < -0.4 is 5.32 Å². The first-order chi connectivity index (χ1) is 12.8. The second kappa shape index (κ2) is 7.92. The molecule has 1 N–H and O–H groups in total. The summed E-state index contributed by atoms with van der Waals surface area (Å²) in [5.41, 5.74) is 3.37. The number of rotatable bonds is 5. The van der Waals surface area contributed by atoms with E-state index in [0.29, 0.717) is 13.1 Å². The van der Waals surface area contributed by atoms with Gasteiger partial charge in [0.05, 0.1) is 0 Å². The van der Waals surface area contributed by atoms with Crippen LogP contribution in [0.25, 0.3) is 0 Å². The lowest BCUT2D eigenvalue weighted by molar-refractivity contribution is 0.296. The Bertz CT molecular complexity index is 900. The van der Waals surface area contributed by atoms with Crippen LogP contribution in [0.15, 0.2) is 36.4 Å². The summed E-state index contributed by atoms with van der Waals surface area (Å²) in [6.07, 6.45) is 1.69. The van der Waals surface area contributed by atoms with Gasteiger partial charge in [-0.25, -0.2) is 4.39 Å². The lowest BCUT2D eigenvalue weighted by atomic mass is 9.95. The number of aromatic nitrogens is 1. The summed E-state index contributed by atoms with van der Waals surface area (Å²) in [6, 6.07) is 10.0. The molecule has 1 aromatic heterocycles. The highest BCUT2D eigenvalue weighted by Crippen LogP contribution is 2.30. The monoisotopic (exact) mass is 392 g/mol. The van der Waals surface area contributed by atoms with Crippen LogP contribution >= 0.6 is 0 Å². The fourth-order valence-corrected chi connectivity index (χ4v) is 4.49. The zero-order valence-electron chi connectivity index (χ0n) is 15.8. The van der Waals surface area contributed by atoms with E-state index in [0.717, 1.165) is 35.6 Å². The van der Waals surface area contributed by atoms with Gasteiger partial charge in [0.15, 0.2) is 0 Å². The van der Waals surface area contributed by atoms with Gasteiger partial charge in [0.1, 0.15) is 5.82 Å². The molecule has 2 aromatic rings. The first-order valence-electron chi connectivity index (χ1n) is 8.94. The molecule has 1 aliphatic heterocycles. The number of benzene rings is 1. The average Bonchev–Trinajstić information content (AvgIpc) is 2.63. The molecule has 1 fully saturated rings. The van der Waals surface area contributed by atoms with Crippen LogP contribution in [-0.2, 0) is 10.2 Å². The highest BCUT2D eigenvalue weighted by molar-refractivity contribution is 7.86. The van der Waals surface area contributed by atoms with Crippen LogP contribution in [0.5, 0.6) is 0 Å². The molecule has 146 valence electrons. The molecule has 0 amide bonds. The average molecular weight is 393 g/mol. The van der Waals surface area contributed by atoms with E-state index in [-0.39, 0.29) is 11.7 Å². The smallest absolute Gasteiger partial charge is 0.281 e. The fourth-order valence-electron chi connectivity index (χ4n) is 3.30. The molecule has 27 heavy (non-hydrogen) atoms. The molecular formula is C19H25FN4O2S. The molecule has 1 saturated heterocycles. The number of nitrogens with zero attached hydrogens (tertiary/aromatic N) is 3. The van der Waals surface area contributed by atoms with Crippen molar-refractivity contribution in [3.63, 3.8) is 0 Å². The van der Waals surface area contributed by atoms with Gasteiger partial charge >= 0.3 is 0 Å². The standard InChI is InChI=1S/C19H25FN4O2S/c1-14-11-18(22-17-8-6-16(20)7-9-17)12-19(21-14)15-5-4-10-24(13-15)27(25,26)23(2)3/h6-9,11-12,15H,4-5,10,13H2,1-3H3,(H,21,22). The molecular weight excluding hydrogens is 367 g/mol. The minimum atomic E-state index is -3.43. The SMILES string of the molecule is Cc1cc(Nc2ccc(F)cc2)cc(C2CCCN(S(=O)(=O)N(C)C)C2)n1. The summed E-state index contributed by atoms with van der Waals surface area (Å²) in [7, 11) is -0.326. The molecule has 0 saturated carbocycles. The number of pyridine rings is 1.